The van der Waals surface area contributed by atoms with Gasteiger partial charge in [-0.05, 0) is 17.7 Å². The van der Waals surface area contributed by atoms with E-state index >= 15 is 0 Å². The monoisotopic (exact) mass is 196 g/mol. The Morgan fingerprint density at radius 2 is 2.08 bits per heavy atom. The number of benzene rings is 1. The quantitative estimate of drug-likeness (QED) is 0.732. The van der Waals surface area contributed by atoms with Crippen LogP contribution in [0.15, 0.2) is 24.3 Å². The maximum atomic E-state index is 5.27. The Kier molecular flexibility index (Phi) is 4.72. The minimum Gasteiger partial charge on any atom is -0.497 e. The van der Waals surface area contributed by atoms with Gasteiger partial charge < -0.3 is 10.5 Å². The van der Waals surface area contributed by atoms with Crippen LogP contribution >= 0.6 is 11.8 Å². The van der Waals surface area contributed by atoms with E-state index in [2.05, 4.69) is 12.1 Å². The Hall–Kier alpha value is -0.670. The van der Waals surface area contributed by atoms with E-state index in [1.54, 1.807) is 25.4 Å². The van der Waals surface area contributed by atoms with E-state index in [0.717, 1.165) is 17.3 Å². The smallest absolute Gasteiger partial charge is 0.118 e. The number of thioether (sulfide) groups is 1. The zero-order chi connectivity index (χ0) is 9.52. The van der Waals surface area contributed by atoms with Crippen molar-refractivity contribution >= 4 is 11.8 Å². The van der Waals surface area contributed by atoms with Gasteiger partial charge in [-0.15, -0.1) is 0 Å². The summed E-state index contributed by atoms with van der Waals surface area (Å²) in [5, 5.41) is 0. The number of hydrogen-bond acceptors (Lipinski definition) is 3. The lowest BCUT2D eigenvalue weighted by Crippen LogP contribution is -1.93. The fourth-order valence-corrected chi connectivity index (χ4v) is 1.65. The van der Waals surface area contributed by atoms with Crippen molar-refractivity contribution in [3.8, 4) is 5.75 Å². The highest BCUT2D eigenvalue weighted by atomic mass is 32.2. The Balaban J connectivity index is 2.40. The zero-order valence-corrected chi connectivity index (χ0v) is 8.51. The van der Waals surface area contributed by atoms with Gasteiger partial charge in [0, 0.05) is 18.1 Å². The van der Waals surface area contributed by atoms with Crippen LogP contribution in [0.5, 0.6) is 5.75 Å². The van der Waals surface area contributed by atoms with E-state index in [0.29, 0.717) is 0 Å². The molecule has 0 heterocycles. The first-order valence-corrected chi connectivity index (χ1v) is 5.26. The van der Waals surface area contributed by atoms with Gasteiger partial charge >= 0.3 is 0 Å². The molecule has 2 nitrogen and oxygen atoms in total. The van der Waals surface area contributed by atoms with E-state index in [4.69, 9.17) is 10.5 Å². The van der Waals surface area contributed by atoms with Gasteiger partial charge in [-0.25, -0.2) is 0 Å². The largest absolute Gasteiger partial charge is 0.497 e. The molecule has 0 spiro atoms. The summed E-state index contributed by atoms with van der Waals surface area (Å²) >= 11 is 1.80. The minimum absolute atomic E-state index is 0.895. The van der Waals surface area contributed by atoms with Crippen LogP contribution in [0.1, 0.15) is 5.56 Å². The number of methoxy groups -OCH3 is 1. The molecule has 0 saturated heterocycles. The Labute approximate surface area is 83.5 Å². The summed E-state index contributed by atoms with van der Waals surface area (Å²) in [5.41, 5.74) is 6.57. The lowest BCUT2D eigenvalue weighted by atomic mass is 10.2. The molecule has 1 aromatic carbocycles. The first-order chi connectivity index (χ1) is 6.36. The molecule has 0 amide bonds. The number of hydrogen-bond donors (Lipinski definition) is 1. The summed E-state index contributed by atoms with van der Waals surface area (Å²) in [6.07, 6.45) is 0. The van der Waals surface area contributed by atoms with Gasteiger partial charge in [0.1, 0.15) is 5.75 Å². The Morgan fingerprint density at radius 3 is 2.62 bits per heavy atom. The second kappa shape index (κ2) is 5.89. The molecular weight excluding hydrogens is 182 g/mol. The Morgan fingerprint density at radius 1 is 1.38 bits per heavy atom. The van der Waals surface area contributed by atoms with Crippen LogP contribution < -0.4 is 10.5 Å². The molecule has 1 radical (unpaired) electrons. The van der Waals surface area contributed by atoms with Crippen molar-refractivity contribution in [2.45, 2.75) is 5.75 Å². The third-order valence-electron chi connectivity index (χ3n) is 1.64. The van der Waals surface area contributed by atoms with Gasteiger partial charge in [-0.1, -0.05) is 12.1 Å². The van der Waals surface area contributed by atoms with E-state index < -0.39 is 0 Å². The van der Waals surface area contributed by atoms with Crippen LogP contribution in [0.3, 0.4) is 0 Å². The van der Waals surface area contributed by atoms with E-state index in [1.807, 2.05) is 12.1 Å². The topological polar surface area (TPSA) is 35.2 Å². The Bertz CT molecular complexity index is 235. The highest BCUT2D eigenvalue weighted by molar-refractivity contribution is 7.98. The molecule has 71 valence electrons. The second-order valence-electron chi connectivity index (χ2n) is 2.60. The molecule has 0 fully saturated rings. The highest BCUT2D eigenvalue weighted by Crippen LogP contribution is 2.16. The molecule has 2 N–H and O–H groups in total. The first-order valence-electron chi connectivity index (χ1n) is 4.11. The summed E-state index contributed by atoms with van der Waals surface area (Å²) in [4.78, 5) is 0. The van der Waals surface area contributed by atoms with Crippen molar-refractivity contribution in [1.29, 1.82) is 0 Å². The molecule has 0 saturated carbocycles. The molecule has 0 aromatic heterocycles. The van der Waals surface area contributed by atoms with Crippen molar-refractivity contribution in [3.63, 3.8) is 0 Å². The molecule has 0 aliphatic heterocycles. The SMILES string of the molecule is COc1ccc(CSC[CH]N)cc1. The van der Waals surface area contributed by atoms with Gasteiger partial charge in [0.05, 0.1) is 7.11 Å². The average molecular weight is 196 g/mol. The number of rotatable bonds is 5. The van der Waals surface area contributed by atoms with E-state index in [-0.39, 0.29) is 0 Å². The lowest BCUT2D eigenvalue weighted by Gasteiger charge is -2.02. The van der Waals surface area contributed by atoms with Gasteiger partial charge in [0.25, 0.3) is 0 Å². The van der Waals surface area contributed by atoms with Crippen LogP contribution in [0.4, 0.5) is 0 Å². The molecule has 3 heteroatoms. The summed E-state index contributed by atoms with van der Waals surface area (Å²) in [5.74, 6) is 2.79. The molecule has 0 atom stereocenters. The third-order valence-corrected chi connectivity index (χ3v) is 2.61. The van der Waals surface area contributed by atoms with Crippen LogP contribution in [0, 0.1) is 6.54 Å². The second-order valence-corrected chi connectivity index (χ2v) is 3.63. The lowest BCUT2D eigenvalue weighted by molar-refractivity contribution is 0.414. The van der Waals surface area contributed by atoms with Crippen LogP contribution in [-0.2, 0) is 5.75 Å². The molecule has 13 heavy (non-hydrogen) atoms. The van der Waals surface area contributed by atoms with Crippen molar-refractivity contribution in [2.24, 2.45) is 5.73 Å². The van der Waals surface area contributed by atoms with Gasteiger partial charge in [-0.2, -0.15) is 11.8 Å². The van der Waals surface area contributed by atoms with Gasteiger partial charge in [0.2, 0.25) is 0 Å². The van der Waals surface area contributed by atoms with Gasteiger partial charge in [-0.3, -0.25) is 0 Å². The van der Waals surface area contributed by atoms with Crippen molar-refractivity contribution in [2.75, 3.05) is 12.9 Å². The molecular formula is C10H14NOS. The fourth-order valence-electron chi connectivity index (χ4n) is 0.967. The molecule has 0 aliphatic carbocycles. The predicted octanol–water partition coefficient (Wildman–Crippen LogP) is 2.05. The van der Waals surface area contributed by atoms with E-state index in [1.165, 1.54) is 5.56 Å². The molecule has 0 bridgehead atoms. The standard InChI is InChI=1S/C10H14NOS/c1-12-10-4-2-9(3-5-10)8-13-7-6-11/h2-6H,7-8,11H2,1H3. The van der Waals surface area contributed by atoms with Crippen LogP contribution in [0.2, 0.25) is 0 Å². The van der Waals surface area contributed by atoms with Crippen molar-refractivity contribution in [3.05, 3.63) is 36.4 Å². The fraction of sp³-hybridized carbons (Fsp3) is 0.300. The van der Waals surface area contributed by atoms with Gasteiger partial charge in [0.15, 0.2) is 0 Å². The number of ether oxygens (including phenoxy) is 1. The number of nitrogens with two attached hydrogens (primary N) is 1. The normalized spacial score (nSPS) is 10.0. The maximum absolute atomic E-state index is 5.27. The highest BCUT2D eigenvalue weighted by Gasteiger charge is 1.94. The van der Waals surface area contributed by atoms with Crippen LogP contribution in [-0.4, -0.2) is 12.9 Å². The molecule has 1 rings (SSSR count). The maximum Gasteiger partial charge on any atom is 0.118 e. The van der Waals surface area contributed by atoms with Crippen LogP contribution in [0.25, 0.3) is 0 Å². The van der Waals surface area contributed by atoms with Crippen molar-refractivity contribution < 1.29 is 4.74 Å². The average Bonchev–Trinajstić information content (AvgIpc) is 2.19. The summed E-state index contributed by atoms with van der Waals surface area (Å²) in [6, 6.07) is 8.09. The third kappa shape index (κ3) is 3.70. The summed E-state index contributed by atoms with van der Waals surface area (Å²) < 4.78 is 5.06. The zero-order valence-electron chi connectivity index (χ0n) is 7.69. The minimum atomic E-state index is 0.895. The summed E-state index contributed by atoms with van der Waals surface area (Å²) in [7, 11) is 1.67. The molecule has 1 aromatic rings. The summed E-state index contributed by atoms with van der Waals surface area (Å²) in [6.45, 7) is 1.67. The molecule has 0 aliphatic rings. The van der Waals surface area contributed by atoms with Crippen molar-refractivity contribution in [1.82, 2.24) is 0 Å². The molecule has 0 unspecified atom stereocenters. The van der Waals surface area contributed by atoms with E-state index in [9.17, 15) is 0 Å². The first kappa shape index (κ1) is 10.4. The predicted molar refractivity (Wildman–Crippen MR) is 57.6 cm³/mol.